The van der Waals surface area contributed by atoms with Crippen LogP contribution in [0.15, 0.2) is 0 Å². The van der Waals surface area contributed by atoms with Crippen LogP contribution >= 0.6 is 0 Å². The van der Waals surface area contributed by atoms with Crippen LogP contribution in [0.2, 0.25) is 0 Å². The minimum atomic E-state index is -1.61. The van der Waals surface area contributed by atoms with Crippen LogP contribution in [0.3, 0.4) is 0 Å². The Morgan fingerprint density at radius 2 is 1.85 bits per heavy atom. The smallest absolute Gasteiger partial charge is 0.151 e. The lowest BCUT2D eigenvalue weighted by Crippen LogP contribution is -2.47. The Balaban J connectivity index is 4.21. The summed E-state index contributed by atoms with van der Waals surface area (Å²) >= 11 is 0. The van der Waals surface area contributed by atoms with E-state index in [4.69, 9.17) is 15.3 Å². The number of aliphatic hydroxyl groups is 4. The largest absolute Gasteiger partial charge is 0.394 e. The van der Waals surface area contributed by atoms with Gasteiger partial charge in [0.05, 0.1) is 6.61 Å². The summed E-state index contributed by atoms with van der Waals surface area (Å²) in [5.74, 6) is 0. The van der Waals surface area contributed by atoms with Crippen LogP contribution in [0, 0.1) is 0 Å². The third-order valence-corrected chi connectivity index (χ3v) is 1.67. The molecule has 0 spiro atoms. The third kappa shape index (κ3) is 3.37. The highest BCUT2D eigenvalue weighted by Gasteiger charge is 2.30. The molecule has 0 aromatic heterocycles. The number of carbonyl (C=O) groups excluding carboxylic acids is 1. The molecule has 0 saturated heterocycles. The Kier molecular flexibility index (Phi) is 5.76. The van der Waals surface area contributed by atoms with Crippen molar-refractivity contribution in [2.45, 2.75) is 24.4 Å². The number of carbonyl (C=O) groups is 1. The summed E-state index contributed by atoms with van der Waals surface area (Å²) in [6.45, 7) is -0.701. The highest BCUT2D eigenvalue weighted by molar-refractivity contribution is 5.57. The van der Waals surface area contributed by atoms with Gasteiger partial charge >= 0.3 is 0 Å². The van der Waals surface area contributed by atoms with Crippen molar-refractivity contribution in [1.29, 1.82) is 0 Å². The first-order valence-electron chi connectivity index (χ1n) is 3.71. The van der Waals surface area contributed by atoms with Crippen LogP contribution in [0.1, 0.15) is 0 Å². The maximum absolute atomic E-state index is 10.3. The molecule has 0 aliphatic heterocycles. The van der Waals surface area contributed by atoms with E-state index in [1.807, 2.05) is 0 Å². The summed E-state index contributed by atoms with van der Waals surface area (Å²) in [4.78, 5) is 10.3. The third-order valence-electron chi connectivity index (χ3n) is 1.67. The molecule has 0 aromatic rings. The summed E-state index contributed by atoms with van der Waals surface area (Å²) < 4.78 is 4.51. The normalized spacial score (nSPS) is 20.4. The zero-order chi connectivity index (χ0) is 10.4. The first-order chi connectivity index (χ1) is 6.08. The average molecular weight is 194 g/mol. The molecule has 0 radical (unpaired) electrons. The number of hydrogen-bond donors (Lipinski definition) is 4. The first-order valence-corrected chi connectivity index (χ1v) is 3.71. The SMILES string of the molecule is CO[C@@H](C=O)[C@@H](O)[C@@H](O)[C@H](O)CO. The average Bonchev–Trinajstić information content (AvgIpc) is 2.17. The van der Waals surface area contributed by atoms with E-state index in [9.17, 15) is 9.90 Å². The van der Waals surface area contributed by atoms with Crippen LogP contribution in [0.4, 0.5) is 0 Å². The molecule has 0 aromatic carbocycles. The van der Waals surface area contributed by atoms with Crippen LogP contribution in [0.5, 0.6) is 0 Å². The highest BCUT2D eigenvalue weighted by Crippen LogP contribution is 2.05. The summed E-state index contributed by atoms with van der Waals surface area (Å²) in [5, 5.41) is 35.7. The van der Waals surface area contributed by atoms with E-state index in [1.54, 1.807) is 0 Å². The number of aliphatic hydroxyl groups excluding tert-OH is 4. The Morgan fingerprint density at radius 3 is 2.15 bits per heavy atom. The lowest BCUT2D eigenvalue weighted by Gasteiger charge is -2.24. The minimum Gasteiger partial charge on any atom is -0.394 e. The Bertz CT molecular complexity index is 150. The van der Waals surface area contributed by atoms with Gasteiger partial charge in [-0.2, -0.15) is 0 Å². The van der Waals surface area contributed by atoms with Crippen LogP contribution in [-0.2, 0) is 9.53 Å². The first kappa shape index (κ1) is 12.5. The van der Waals surface area contributed by atoms with E-state index in [0.29, 0.717) is 6.29 Å². The fraction of sp³-hybridized carbons (Fsp3) is 0.857. The van der Waals surface area contributed by atoms with Gasteiger partial charge in [-0.05, 0) is 0 Å². The van der Waals surface area contributed by atoms with Crippen molar-refractivity contribution < 1.29 is 30.0 Å². The molecule has 0 unspecified atom stereocenters. The number of hydrogen-bond acceptors (Lipinski definition) is 6. The molecule has 0 amide bonds. The minimum absolute atomic E-state index is 0.304. The van der Waals surface area contributed by atoms with Crippen molar-refractivity contribution in [2.24, 2.45) is 0 Å². The van der Waals surface area contributed by atoms with Crippen molar-refractivity contribution >= 4 is 6.29 Å². The molecule has 4 atom stereocenters. The van der Waals surface area contributed by atoms with Crippen molar-refractivity contribution in [1.82, 2.24) is 0 Å². The van der Waals surface area contributed by atoms with Gasteiger partial charge in [0, 0.05) is 7.11 Å². The van der Waals surface area contributed by atoms with E-state index in [-0.39, 0.29) is 0 Å². The van der Waals surface area contributed by atoms with Gasteiger partial charge in [-0.3, -0.25) is 0 Å². The predicted octanol–water partition coefficient (Wildman–Crippen LogP) is -2.72. The fourth-order valence-electron chi connectivity index (χ4n) is 0.805. The number of methoxy groups -OCH3 is 1. The van der Waals surface area contributed by atoms with Crippen molar-refractivity contribution in [3.8, 4) is 0 Å². The number of ether oxygens (including phenoxy) is 1. The highest BCUT2D eigenvalue weighted by atomic mass is 16.5. The van der Waals surface area contributed by atoms with Gasteiger partial charge in [0.15, 0.2) is 6.29 Å². The van der Waals surface area contributed by atoms with E-state index in [0.717, 1.165) is 0 Å². The molecule has 0 aliphatic carbocycles. The van der Waals surface area contributed by atoms with Crippen molar-refractivity contribution in [2.75, 3.05) is 13.7 Å². The van der Waals surface area contributed by atoms with E-state index >= 15 is 0 Å². The van der Waals surface area contributed by atoms with Gasteiger partial charge in [0.2, 0.25) is 0 Å². The molecule has 6 heteroatoms. The molecule has 0 aliphatic rings. The molecular formula is C7H14O6. The molecule has 6 nitrogen and oxygen atoms in total. The predicted molar refractivity (Wildman–Crippen MR) is 42.0 cm³/mol. The number of rotatable bonds is 6. The van der Waals surface area contributed by atoms with E-state index < -0.39 is 31.0 Å². The molecule has 0 rings (SSSR count). The molecular weight excluding hydrogens is 180 g/mol. The van der Waals surface area contributed by atoms with E-state index in [2.05, 4.69) is 4.74 Å². The lowest BCUT2D eigenvalue weighted by atomic mass is 10.0. The lowest BCUT2D eigenvalue weighted by molar-refractivity contribution is -0.141. The van der Waals surface area contributed by atoms with Crippen LogP contribution < -0.4 is 0 Å². The summed E-state index contributed by atoms with van der Waals surface area (Å²) in [6.07, 6.45) is -5.56. The molecule has 13 heavy (non-hydrogen) atoms. The molecule has 0 saturated carbocycles. The Morgan fingerprint density at radius 1 is 1.31 bits per heavy atom. The monoisotopic (exact) mass is 194 g/mol. The second kappa shape index (κ2) is 6.01. The second-order valence-corrected chi connectivity index (χ2v) is 2.57. The maximum atomic E-state index is 10.3. The van der Waals surface area contributed by atoms with Gasteiger partial charge in [-0.1, -0.05) is 0 Å². The second-order valence-electron chi connectivity index (χ2n) is 2.57. The number of aldehydes is 1. The van der Waals surface area contributed by atoms with Crippen molar-refractivity contribution in [3.63, 3.8) is 0 Å². The van der Waals surface area contributed by atoms with Crippen LogP contribution in [0.25, 0.3) is 0 Å². The zero-order valence-corrected chi connectivity index (χ0v) is 7.20. The standard InChI is InChI=1S/C7H14O6/c1-13-5(3-9)7(12)6(11)4(10)2-8/h3-8,10-12H,2H2,1H3/t4-,5+,6+,7-/m1/s1. The van der Waals surface area contributed by atoms with Crippen molar-refractivity contribution in [3.05, 3.63) is 0 Å². The van der Waals surface area contributed by atoms with Gasteiger partial charge in [-0.15, -0.1) is 0 Å². The zero-order valence-electron chi connectivity index (χ0n) is 7.20. The molecule has 0 heterocycles. The molecule has 0 fully saturated rings. The topological polar surface area (TPSA) is 107 Å². The molecule has 4 N–H and O–H groups in total. The van der Waals surface area contributed by atoms with E-state index in [1.165, 1.54) is 7.11 Å². The summed E-state index contributed by atoms with van der Waals surface area (Å²) in [6, 6.07) is 0. The quantitative estimate of drug-likeness (QED) is 0.342. The van der Waals surface area contributed by atoms with Gasteiger partial charge in [-0.25, -0.2) is 0 Å². The maximum Gasteiger partial charge on any atom is 0.151 e. The molecule has 78 valence electrons. The van der Waals surface area contributed by atoms with Crippen LogP contribution in [-0.4, -0.2) is 64.8 Å². The fourth-order valence-corrected chi connectivity index (χ4v) is 0.805. The molecule has 0 bridgehead atoms. The Labute approximate surface area is 75.4 Å². The summed E-state index contributed by atoms with van der Waals surface area (Å²) in [7, 11) is 1.18. The van der Waals surface area contributed by atoms with Gasteiger partial charge in [0.25, 0.3) is 0 Å². The Hall–Kier alpha value is -0.530. The van der Waals surface area contributed by atoms with Gasteiger partial charge < -0.3 is 30.0 Å². The van der Waals surface area contributed by atoms with Gasteiger partial charge in [0.1, 0.15) is 24.4 Å². The summed E-state index contributed by atoms with van der Waals surface area (Å²) in [5.41, 5.74) is 0.